The average molecular weight is 339 g/mol. The standard InChI is InChI=1S/C20H25N3O2/c1-23(2)20(25)18(21)13-15-5-10-17(11-6-15)16-8-3-14(4-9-16)7-12-19(22)24/h3-6,8-11,18H,7,12-13,21H2,1-2H3,(H2,22,24)/t18-/m0/s1. The Balaban J connectivity index is 2.02. The van der Waals surface area contributed by atoms with E-state index in [0.717, 1.165) is 22.3 Å². The van der Waals surface area contributed by atoms with Crippen LogP contribution in [0.25, 0.3) is 11.1 Å². The van der Waals surface area contributed by atoms with Crippen molar-refractivity contribution in [3.63, 3.8) is 0 Å². The van der Waals surface area contributed by atoms with Gasteiger partial charge in [-0.3, -0.25) is 9.59 Å². The number of hydrogen-bond donors (Lipinski definition) is 2. The number of carbonyl (C=O) groups is 2. The first-order valence-corrected chi connectivity index (χ1v) is 8.30. The minimum Gasteiger partial charge on any atom is -0.370 e. The number of nitrogens with zero attached hydrogens (tertiary/aromatic N) is 1. The van der Waals surface area contributed by atoms with E-state index in [1.807, 2.05) is 48.5 Å². The zero-order valence-electron chi connectivity index (χ0n) is 14.7. The number of amides is 2. The van der Waals surface area contributed by atoms with Gasteiger partial charge >= 0.3 is 0 Å². The fourth-order valence-corrected chi connectivity index (χ4v) is 2.64. The minimum absolute atomic E-state index is 0.0735. The Morgan fingerprint density at radius 3 is 1.84 bits per heavy atom. The Morgan fingerprint density at radius 1 is 0.920 bits per heavy atom. The Hall–Kier alpha value is -2.66. The number of carbonyl (C=O) groups excluding carboxylic acids is 2. The van der Waals surface area contributed by atoms with Crippen molar-refractivity contribution < 1.29 is 9.59 Å². The van der Waals surface area contributed by atoms with Crippen LogP contribution in [0, 0.1) is 0 Å². The molecule has 0 fully saturated rings. The highest BCUT2D eigenvalue weighted by atomic mass is 16.2. The highest BCUT2D eigenvalue weighted by Gasteiger charge is 2.15. The van der Waals surface area contributed by atoms with E-state index in [2.05, 4.69) is 0 Å². The van der Waals surface area contributed by atoms with Gasteiger partial charge in [0.1, 0.15) is 0 Å². The minimum atomic E-state index is -0.523. The number of nitrogens with two attached hydrogens (primary N) is 2. The van der Waals surface area contributed by atoms with Crippen molar-refractivity contribution in [1.29, 1.82) is 0 Å². The van der Waals surface area contributed by atoms with E-state index in [4.69, 9.17) is 11.5 Å². The van der Waals surface area contributed by atoms with Crippen LogP contribution < -0.4 is 11.5 Å². The molecule has 0 saturated carbocycles. The SMILES string of the molecule is CN(C)C(=O)[C@@H](N)Cc1ccc(-c2ccc(CCC(N)=O)cc2)cc1. The topological polar surface area (TPSA) is 89.4 Å². The Bertz CT molecular complexity index is 722. The van der Waals surface area contributed by atoms with Crippen molar-refractivity contribution >= 4 is 11.8 Å². The van der Waals surface area contributed by atoms with Gasteiger partial charge in [0, 0.05) is 20.5 Å². The Kier molecular flexibility index (Phi) is 6.31. The van der Waals surface area contributed by atoms with Crippen LogP contribution in [0.15, 0.2) is 48.5 Å². The number of primary amides is 1. The Morgan fingerprint density at radius 2 is 1.40 bits per heavy atom. The molecule has 0 unspecified atom stereocenters. The lowest BCUT2D eigenvalue weighted by molar-refractivity contribution is -0.130. The van der Waals surface area contributed by atoms with Crippen LogP contribution in [0.1, 0.15) is 17.5 Å². The summed E-state index contributed by atoms with van der Waals surface area (Å²) in [4.78, 5) is 24.2. The molecule has 0 radical (unpaired) electrons. The van der Waals surface area contributed by atoms with E-state index >= 15 is 0 Å². The average Bonchev–Trinajstić information content (AvgIpc) is 2.60. The molecule has 0 bridgehead atoms. The predicted octanol–water partition coefficient (Wildman–Crippen LogP) is 1.73. The van der Waals surface area contributed by atoms with E-state index in [1.165, 1.54) is 4.90 Å². The monoisotopic (exact) mass is 339 g/mol. The Labute approximate surface area is 148 Å². The highest BCUT2D eigenvalue weighted by Crippen LogP contribution is 2.21. The van der Waals surface area contributed by atoms with Gasteiger partial charge in [-0.15, -0.1) is 0 Å². The fraction of sp³-hybridized carbons (Fsp3) is 0.300. The van der Waals surface area contributed by atoms with Crippen LogP contribution in [0.2, 0.25) is 0 Å². The van der Waals surface area contributed by atoms with E-state index in [0.29, 0.717) is 19.3 Å². The molecule has 25 heavy (non-hydrogen) atoms. The molecule has 0 heterocycles. The van der Waals surface area contributed by atoms with Gasteiger partial charge in [-0.2, -0.15) is 0 Å². The summed E-state index contributed by atoms with van der Waals surface area (Å²) < 4.78 is 0. The van der Waals surface area contributed by atoms with Gasteiger partial charge in [-0.05, 0) is 35.1 Å². The van der Waals surface area contributed by atoms with Gasteiger partial charge in [-0.1, -0.05) is 48.5 Å². The number of aryl methyl sites for hydroxylation is 1. The van der Waals surface area contributed by atoms with E-state index in [-0.39, 0.29) is 11.8 Å². The van der Waals surface area contributed by atoms with E-state index < -0.39 is 6.04 Å². The van der Waals surface area contributed by atoms with Gasteiger partial charge in [0.2, 0.25) is 11.8 Å². The molecule has 2 amide bonds. The smallest absolute Gasteiger partial charge is 0.239 e. The second-order valence-corrected chi connectivity index (χ2v) is 6.40. The molecule has 1 atom stereocenters. The molecule has 2 aromatic rings. The molecule has 0 aliphatic carbocycles. The molecule has 0 spiro atoms. The molecular formula is C20H25N3O2. The third kappa shape index (κ3) is 5.43. The van der Waals surface area contributed by atoms with Crippen molar-refractivity contribution in [3.05, 3.63) is 59.7 Å². The van der Waals surface area contributed by atoms with Crippen molar-refractivity contribution in [2.45, 2.75) is 25.3 Å². The van der Waals surface area contributed by atoms with Crippen LogP contribution in [-0.2, 0) is 22.4 Å². The number of rotatable bonds is 7. The maximum Gasteiger partial charge on any atom is 0.239 e. The maximum atomic E-state index is 11.8. The van der Waals surface area contributed by atoms with Gasteiger partial charge in [0.15, 0.2) is 0 Å². The second-order valence-electron chi connectivity index (χ2n) is 6.40. The molecule has 0 aliphatic rings. The first-order chi connectivity index (χ1) is 11.9. The zero-order valence-corrected chi connectivity index (χ0v) is 14.7. The van der Waals surface area contributed by atoms with Gasteiger partial charge in [0.05, 0.1) is 6.04 Å². The molecular weight excluding hydrogens is 314 g/mol. The lowest BCUT2D eigenvalue weighted by atomic mass is 9.99. The van der Waals surface area contributed by atoms with Crippen LogP contribution in [-0.4, -0.2) is 36.9 Å². The summed E-state index contributed by atoms with van der Waals surface area (Å²) in [5, 5.41) is 0. The van der Waals surface area contributed by atoms with Gasteiger partial charge < -0.3 is 16.4 Å². The van der Waals surface area contributed by atoms with Gasteiger partial charge in [-0.25, -0.2) is 0 Å². The summed E-state index contributed by atoms with van der Waals surface area (Å²) in [7, 11) is 3.41. The lowest BCUT2D eigenvalue weighted by Gasteiger charge is -2.16. The maximum absolute atomic E-state index is 11.8. The number of hydrogen-bond acceptors (Lipinski definition) is 3. The molecule has 0 aromatic heterocycles. The third-order valence-electron chi connectivity index (χ3n) is 4.11. The lowest BCUT2D eigenvalue weighted by Crippen LogP contribution is -2.41. The summed E-state index contributed by atoms with van der Waals surface area (Å²) in [5.74, 6) is -0.360. The van der Waals surface area contributed by atoms with Crippen molar-refractivity contribution in [3.8, 4) is 11.1 Å². The summed E-state index contributed by atoms with van der Waals surface area (Å²) in [5.41, 5.74) is 15.4. The summed E-state index contributed by atoms with van der Waals surface area (Å²) in [6, 6.07) is 15.6. The van der Waals surface area contributed by atoms with Gasteiger partial charge in [0.25, 0.3) is 0 Å². The molecule has 0 aliphatic heterocycles. The third-order valence-corrected chi connectivity index (χ3v) is 4.11. The van der Waals surface area contributed by atoms with E-state index in [1.54, 1.807) is 14.1 Å². The summed E-state index contributed by atoms with van der Waals surface area (Å²) in [6.07, 6.45) is 1.54. The molecule has 5 nitrogen and oxygen atoms in total. The summed E-state index contributed by atoms with van der Waals surface area (Å²) in [6.45, 7) is 0. The number of likely N-dealkylation sites (N-methyl/N-ethyl adjacent to an activating group) is 1. The predicted molar refractivity (Wildman–Crippen MR) is 99.8 cm³/mol. The van der Waals surface area contributed by atoms with Crippen molar-refractivity contribution in [2.75, 3.05) is 14.1 Å². The van der Waals surface area contributed by atoms with Crippen molar-refractivity contribution in [2.24, 2.45) is 11.5 Å². The fourth-order valence-electron chi connectivity index (χ4n) is 2.64. The van der Waals surface area contributed by atoms with Crippen LogP contribution in [0.3, 0.4) is 0 Å². The van der Waals surface area contributed by atoms with E-state index in [9.17, 15) is 9.59 Å². The quantitative estimate of drug-likeness (QED) is 0.805. The molecule has 0 saturated heterocycles. The first-order valence-electron chi connectivity index (χ1n) is 8.30. The molecule has 2 aromatic carbocycles. The molecule has 132 valence electrons. The normalized spacial score (nSPS) is 11.8. The van der Waals surface area contributed by atoms with Crippen molar-refractivity contribution in [1.82, 2.24) is 4.90 Å². The van der Waals surface area contributed by atoms with Crippen LogP contribution in [0.5, 0.6) is 0 Å². The van der Waals surface area contributed by atoms with Crippen LogP contribution >= 0.6 is 0 Å². The van der Waals surface area contributed by atoms with Crippen LogP contribution in [0.4, 0.5) is 0 Å². The second kappa shape index (κ2) is 8.44. The highest BCUT2D eigenvalue weighted by molar-refractivity contribution is 5.81. The molecule has 4 N–H and O–H groups in total. The number of benzene rings is 2. The largest absolute Gasteiger partial charge is 0.370 e. The molecule has 2 rings (SSSR count). The first kappa shape index (κ1) is 18.7. The zero-order chi connectivity index (χ0) is 18.4. The summed E-state index contributed by atoms with van der Waals surface area (Å²) >= 11 is 0. The molecule has 5 heteroatoms.